The molecule has 0 aliphatic rings. The second-order valence-corrected chi connectivity index (χ2v) is 16.0. The van der Waals surface area contributed by atoms with Crippen molar-refractivity contribution in [1.82, 2.24) is 0 Å². The highest BCUT2D eigenvalue weighted by Crippen LogP contribution is 2.46. The van der Waals surface area contributed by atoms with Gasteiger partial charge in [-0.15, -0.1) is 0 Å². The van der Waals surface area contributed by atoms with Gasteiger partial charge in [0.15, 0.2) is 0 Å². The van der Waals surface area contributed by atoms with Crippen LogP contribution in [-0.2, 0) is 0 Å². The number of hydrogen-bond acceptors (Lipinski definition) is 2. The molecule has 1 aromatic heterocycles. The molecule has 0 atom stereocenters. The Kier molecular flexibility index (Phi) is 6.54. The van der Waals surface area contributed by atoms with Gasteiger partial charge in [0, 0.05) is 16.2 Å². The first-order chi connectivity index (χ1) is 29.1. The molecule has 0 saturated carbocycles. The Morgan fingerprint density at radius 3 is 1.51 bits per heavy atom. The molecule has 2 heteroatoms. The second-order valence-electron chi connectivity index (χ2n) is 16.0. The Morgan fingerprint density at radius 1 is 0.305 bits per heavy atom. The van der Waals surface area contributed by atoms with E-state index >= 15 is 0 Å². The number of fused-ring (bicyclic) bond motifs is 17. The van der Waals surface area contributed by atoms with Gasteiger partial charge in [0.2, 0.25) is 0 Å². The highest BCUT2D eigenvalue weighted by atomic mass is 16.3. The maximum absolute atomic E-state index is 9.36. The molecule has 0 N–H and O–H groups in total. The summed E-state index contributed by atoms with van der Waals surface area (Å²) in [5.41, 5.74) is 7.26. The number of nitrogens with zero attached hydrogens (tertiary/aromatic N) is 1. The SMILES string of the molecule is N#Cc1ccc2cc3cc(-c4ccc(-c5ccc6c(c5)c5ccccc5c5cc7c(cc65)oc5c6cc8ccccc8cc6c6ccccc6c75)cc4)ccc3cc2c1. The quantitative estimate of drug-likeness (QED) is 0.130. The van der Waals surface area contributed by atoms with Crippen molar-refractivity contribution in [2.45, 2.75) is 0 Å². The van der Waals surface area contributed by atoms with Gasteiger partial charge in [0.05, 0.1) is 11.6 Å². The Morgan fingerprint density at radius 2 is 0.797 bits per heavy atom. The Balaban J connectivity index is 0.962. The van der Waals surface area contributed by atoms with E-state index in [2.05, 4.69) is 176 Å². The van der Waals surface area contributed by atoms with E-state index in [9.17, 15) is 5.26 Å². The molecular weight excluding hydrogens is 715 g/mol. The summed E-state index contributed by atoms with van der Waals surface area (Å²) in [5, 5.41) is 30.9. The molecule has 270 valence electrons. The zero-order valence-corrected chi connectivity index (χ0v) is 31.8. The van der Waals surface area contributed by atoms with Crippen LogP contribution in [0.2, 0.25) is 0 Å². The Labute approximate surface area is 338 Å². The molecule has 0 bridgehead atoms. The standard InChI is InChI=1S/C57H31NO/c58-32-33-13-14-39-26-43-24-38(19-20-40(43)25-42(39)23-33)34-15-17-35(18-16-34)41-21-22-47-49(28-41)44-9-3-4-10-45(44)51-30-54-55(31-52(47)51)59-57-53-29-37-8-2-1-7-36(37)27-50(53)46-11-5-6-12-48(46)56(54)57/h1-31H. The van der Waals surface area contributed by atoms with Crippen molar-refractivity contribution in [1.29, 1.82) is 5.26 Å². The average molecular weight is 746 g/mol. The Bertz CT molecular complexity index is 4010. The van der Waals surface area contributed by atoms with E-state index in [0.717, 1.165) is 32.7 Å². The largest absolute Gasteiger partial charge is 0.455 e. The molecule has 0 spiro atoms. The van der Waals surface area contributed by atoms with Crippen molar-refractivity contribution in [2.24, 2.45) is 0 Å². The van der Waals surface area contributed by atoms with Crippen LogP contribution in [0.5, 0.6) is 0 Å². The molecule has 0 amide bonds. The molecular formula is C57H31NO. The summed E-state index contributed by atoms with van der Waals surface area (Å²) in [5.74, 6) is 0. The molecule has 59 heavy (non-hydrogen) atoms. The van der Waals surface area contributed by atoms with Crippen LogP contribution in [0.25, 0.3) is 130 Å². The first-order valence-corrected chi connectivity index (χ1v) is 20.1. The summed E-state index contributed by atoms with van der Waals surface area (Å²) in [6, 6.07) is 70.5. The van der Waals surface area contributed by atoms with Crippen molar-refractivity contribution in [2.75, 3.05) is 0 Å². The molecule has 0 saturated heterocycles. The van der Waals surface area contributed by atoms with Crippen molar-refractivity contribution >= 4 is 108 Å². The van der Waals surface area contributed by atoms with Crippen molar-refractivity contribution in [3.63, 3.8) is 0 Å². The van der Waals surface area contributed by atoms with Crippen LogP contribution in [0.3, 0.4) is 0 Å². The zero-order valence-electron chi connectivity index (χ0n) is 31.8. The molecule has 0 radical (unpaired) electrons. The molecule has 0 unspecified atom stereocenters. The number of rotatable bonds is 2. The fraction of sp³-hybridized carbons (Fsp3) is 0. The van der Waals surface area contributed by atoms with Gasteiger partial charge in [-0.3, -0.25) is 0 Å². The monoisotopic (exact) mass is 745 g/mol. The lowest BCUT2D eigenvalue weighted by Gasteiger charge is -2.13. The summed E-state index contributed by atoms with van der Waals surface area (Å²) in [4.78, 5) is 0. The van der Waals surface area contributed by atoms with Crippen LogP contribution in [0.4, 0.5) is 0 Å². The van der Waals surface area contributed by atoms with E-state index in [4.69, 9.17) is 4.42 Å². The minimum absolute atomic E-state index is 0.683. The van der Waals surface area contributed by atoms with Gasteiger partial charge in [-0.2, -0.15) is 5.26 Å². The van der Waals surface area contributed by atoms with Crippen LogP contribution in [-0.4, -0.2) is 0 Å². The summed E-state index contributed by atoms with van der Waals surface area (Å²) >= 11 is 0. The minimum atomic E-state index is 0.683. The lowest BCUT2D eigenvalue weighted by molar-refractivity contribution is 0.673. The summed E-state index contributed by atoms with van der Waals surface area (Å²) in [6.45, 7) is 0. The van der Waals surface area contributed by atoms with Gasteiger partial charge in [-0.25, -0.2) is 0 Å². The molecule has 12 aromatic carbocycles. The van der Waals surface area contributed by atoms with Crippen molar-refractivity contribution in [3.8, 4) is 28.3 Å². The van der Waals surface area contributed by atoms with Gasteiger partial charge in [0.1, 0.15) is 11.2 Å². The lowest BCUT2D eigenvalue weighted by Crippen LogP contribution is -1.86. The van der Waals surface area contributed by atoms with Crippen molar-refractivity contribution < 1.29 is 4.42 Å². The molecule has 13 rings (SSSR count). The first-order valence-electron chi connectivity index (χ1n) is 20.1. The predicted octanol–water partition coefficient (Wildman–Crippen LogP) is 16.0. The minimum Gasteiger partial charge on any atom is -0.455 e. The van der Waals surface area contributed by atoms with Gasteiger partial charge in [0.25, 0.3) is 0 Å². The van der Waals surface area contributed by atoms with E-state index in [1.54, 1.807) is 0 Å². The second kappa shape index (κ2) is 12.0. The number of hydrogen-bond donors (Lipinski definition) is 0. The molecule has 0 aliphatic heterocycles. The topological polar surface area (TPSA) is 36.9 Å². The summed E-state index contributed by atoms with van der Waals surface area (Å²) in [6.07, 6.45) is 0. The molecule has 0 aliphatic carbocycles. The van der Waals surface area contributed by atoms with Gasteiger partial charge < -0.3 is 4.42 Å². The van der Waals surface area contributed by atoms with Crippen LogP contribution < -0.4 is 0 Å². The van der Waals surface area contributed by atoms with E-state index < -0.39 is 0 Å². The zero-order chi connectivity index (χ0) is 38.8. The summed E-state index contributed by atoms with van der Waals surface area (Å²) < 4.78 is 6.97. The number of benzene rings is 12. The highest BCUT2D eigenvalue weighted by Gasteiger charge is 2.19. The van der Waals surface area contributed by atoms with E-state index in [0.29, 0.717) is 5.56 Å². The third-order valence-corrected chi connectivity index (χ3v) is 12.7. The Hall–Kier alpha value is -7.99. The third kappa shape index (κ3) is 4.74. The van der Waals surface area contributed by atoms with Crippen molar-refractivity contribution in [3.05, 3.63) is 194 Å². The first kappa shape index (κ1) is 32.1. The average Bonchev–Trinajstić information content (AvgIpc) is 3.68. The van der Waals surface area contributed by atoms with E-state index in [-0.39, 0.29) is 0 Å². The van der Waals surface area contributed by atoms with E-state index in [1.165, 1.54) is 97.7 Å². The van der Waals surface area contributed by atoms with E-state index in [1.807, 2.05) is 18.2 Å². The normalized spacial score (nSPS) is 12.1. The molecule has 13 aromatic rings. The lowest BCUT2D eigenvalue weighted by atomic mass is 9.90. The number of furan rings is 1. The smallest absolute Gasteiger partial charge is 0.143 e. The van der Waals surface area contributed by atoms with Crippen LogP contribution in [0.1, 0.15) is 5.56 Å². The fourth-order valence-electron chi connectivity index (χ4n) is 9.87. The highest BCUT2D eigenvalue weighted by molar-refractivity contribution is 6.34. The predicted molar refractivity (Wildman–Crippen MR) is 249 cm³/mol. The number of nitriles is 1. The van der Waals surface area contributed by atoms with Gasteiger partial charge >= 0.3 is 0 Å². The molecule has 2 nitrogen and oxygen atoms in total. The maximum Gasteiger partial charge on any atom is 0.143 e. The van der Waals surface area contributed by atoms with Gasteiger partial charge in [-0.1, -0.05) is 127 Å². The van der Waals surface area contributed by atoms with Crippen LogP contribution >= 0.6 is 0 Å². The van der Waals surface area contributed by atoms with Crippen LogP contribution in [0, 0.1) is 11.3 Å². The maximum atomic E-state index is 9.36. The third-order valence-electron chi connectivity index (χ3n) is 12.7. The molecule has 1 heterocycles. The molecule has 0 fully saturated rings. The van der Waals surface area contributed by atoms with Gasteiger partial charge in [-0.05, 0) is 164 Å². The summed E-state index contributed by atoms with van der Waals surface area (Å²) in [7, 11) is 0. The fourth-order valence-corrected chi connectivity index (χ4v) is 9.87. The van der Waals surface area contributed by atoms with Crippen LogP contribution in [0.15, 0.2) is 192 Å².